The number of aliphatic hydroxyl groups is 3. The maximum absolute atomic E-state index is 13.4. The number of Topliss-reactive ketones (excluding diaryl/α,β-unsaturated/α-hetero) is 2. The van der Waals surface area contributed by atoms with E-state index in [1.807, 2.05) is 26.8 Å². The van der Waals surface area contributed by atoms with E-state index in [1.165, 1.54) is 0 Å². The lowest BCUT2D eigenvalue weighted by atomic mass is 9.67. The van der Waals surface area contributed by atoms with Gasteiger partial charge in [-0.05, 0) is 72.1 Å². The van der Waals surface area contributed by atoms with Crippen LogP contribution in [0.2, 0.25) is 0 Å². The molecule has 0 radical (unpaired) electrons. The summed E-state index contributed by atoms with van der Waals surface area (Å²) in [4.78, 5) is 26.3. The second kappa shape index (κ2) is 9.96. The molecule has 1 fully saturated rings. The van der Waals surface area contributed by atoms with Crippen LogP contribution in [0, 0.1) is 23.2 Å². The molecule has 0 aromatic rings. The van der Waals surface area contributed by atoms with Crippen LogP contribution in [0.25, 0.3) is 0 Å². The first-order valence-corrected chi connectivity index (χ1v) is 11.1. The SMILES string of the molecule is C=C(C)[C@H]1CC[C@](C)(O)[C@@H]1CC1=C(O)C(C)(CC=C(C)C)C(=O)C(C(=O)C(C)C)=C1O.Cl. The highest BCUT2D eigenvalue weighted by atomic mass is 35.5. The molecule has 180 valence electrons. The molecule has 0 saturated heterocycles. The maximum Gasteiger partial charge on any atom is 0.183 e. The molecule has 3 N–H and O–H groups in total. The summed E-state index contributed by atoms with van der Waals surface area (Å²) < 4.78 is 0. The van der Waals surface area contributed by atoms with Crippen molar-refractivity contribution in [2.24, 2.45) is 23.2 Å². The second-order valence-electron chi connectivity index (χ2n) is 10.4. The summed E-state index contributed by atoms with van der Waals surface area (Å²) in [6, 6.07) is 0. The van der Waals surface area contributed by atoms with Crippen LogP contribution in [0.5, 0.6) is 0 Å². The van der Waals surface area contributed by atoms with Crippen molar-refractivity contribution in [3.63, 3.8) is 0 Å². The lowest BCUT2D eigenvalue weighted by Gasteiger charge is -2.37. The highest BCUT2D eigenvalue weighted by Gasteiger charge is 2.51. The quantitative estimate of drug-likeness (QED) is 0.318. The fourth-order valence-electron chi connectivity index (χ4n) is 4.83. The highest BCUT2D eigenvalue weighted by Crippen LogP contribution is 2.50. The number of hydrogen-bond donors (Lipinski definition) is 3. The molecule has 4 atom stereocenters. The fraction of sp³-hybridized carbons (Fsp3) is 0.615. The number of rotatable bonds is 7. The van der Waals surface area contributed by atoms with E-state index in [0.717, 1.165) is 17.6 Å². The molecule has 2 aliphatic carbocycles. The van der Waals surface area contributed by atoms with Crippen molar-refractivity contribution >= 4 is 24.0 Å². The molecule has 32 heavy (non-hydrogen) atoms. The smallest absolute Gasteiger partial charge is 0.183 e. The van der Waals surface area contributed by atoms with E-state index in [4.69, 9.17) is 0 Å². The van der Waals surface area contributed by atoms with Gasteiger partial charge in [0.1, 0.15) is 17.1 Å². The van der Waals surface area contributed by atoms with Gasteiger partial charge >= 0.3 is 0 Å². The highest BCUT2D eigenvalue weighted by molar-refractivity contribution is 6.24. The van der Waals surface area contributed by atoms with Crippen LogP contribution < -0.4 is 0 Å². The minimum atomic E-state index is -1.35. The second-order valence-corrected chi connectivity index (χ2v) is 10.4. The van der Waals surface area contributed by atoms with Gasteiger partial charge in [0, 0.05) is 11.5 Å². The molecule has 1 saturated carbocycles. The van der Waals surface area contributed by atoms with E-state index in [9.17, 15) is 24.9 Å². The first-order valence-electron chi connectivity index (χ1n) is 11.1. The standard InChI is InChI=1S/C26H38O5.ClH/c1-14(2)9-11-25(7)23(29)18(22(28)20(24(25)30)21(27)16(5)6)13-19-17(15(3)4)10-12-26(19,8)31;/h9,16-17,19,28-29,31H,3,10-13H2,1-2,4-8H3;1H/t17-,19-,25?,26+;/m1./s1. The lowest BCUT2D eigenvalue weighted by molar-refractivity contribution is -0.128. The predicted octanol–water partition coefficient (Wildman–Crippen LogP) is 5.95. The normalized spacial score (nSPS) is 30.5. The Labute approximate surface area is 198 Å². The Morgan fingerprint density at radius 1 is 1.22 bits per heavy atom. The third kappa shape index (κ3) is 5.04. The average molecular weight is 467 g/mol. The van der Waals surface area contributed by atoms with Gasteiger partial charge in [-0.25, -0.2) is 0 Å². The van der Waals surface area contributed by atoms with Gasteiger partial charge in [0.2, 0.25) is 0 Å². The molecular weight excluding hydrogens is 428 g/mol. The predicted molar refractivity (Wildman–Crippen MR) is 130 cm³/mol. The minimum absolute atomic E-state index is 0. The van der Waals surface area contributed by atoms with Crippen molar-refractivity contribution in [1.29, 1.82) is 0 Å². The number of halogens is 1. The van der Waals surface area contributed by atoms with Crippen molar-refractivity contribution in [1.82, 2.24) is 0 Å². The molecule has 0 aliphatic heterocycles. The molecule has 0 aromatic heterocycles. The number of carbonyl (C=O) groups is 2. The van der Waals surface area contributed by atoms with E-state index < -0.39 is 34.3 Å². The van der Waals surface area contributed by atoms with Crippen molar-refractivity contribution in [3.05, 3.63) is 46.5 Å². The summed E-state index contributed by atoms with van der Waals surface area (Å²) in [7, 11) is 0. The minimum Gasteiger partial charge on any atom is -0.511 e. The third-order valence-corrected chi connectivity index (χ3v) is 7.05. The van der Waals surface area contributed by atoms with Gasteiger partial charge < -0.3 is 15.3 Å². The van der Waals surface area contributed by atoms with E-state index in [-0.39, 0.29) is 54.0 Å². The summed E-state index contributed by atoms with van der Waals surface area (Å²) in [5.41, 5.74) is -0.480. The van der Waals surface area contributed by atoms with Gasteiger partial charge in [0.15, 0.2) is 11.6 Å². The molecule has 0 heterocycles. The molecule has 1 unspecified atom stereocenters. The molecule has 0 amide bonds. The Hall–Kier alpha value is -1.85. The summed E-state index contributed by atoms with van der Waals surface area (Å²) in [5.74, 6) is -2.40. The Kier molecular flexibility index (Phi) is 8.77. The summed E-state index contributed by atoms with van der Waals surface area (Å²) in [6.07, 6.45) is 3.58. The fourth-order valence-corrected chi connectivity index (χ4v) is 4.83. The first kappa shape index (κ1) is 28.2. The maximum atomic E-state index is 13.4. The van der Waals surface area contributed by atoms with Gasteiger partial charge in [-0.1, -0.05) is 37.6 Å². The number of carbonyl (C=O) groups excluding carboxylic acids is 2. The Balaban J connectivity index is 0.00000512. The molecular formula is C26H39ClO5. The van der Waals surface area contributed by atoms with Crippen molar-refractivity contribution in [2.45, 2.75) is 79.8 Å². The molecule has 0 aromatic carbocycles. The van der Waals surface area contributed by atoms with Crippen LogP contribution in [0.3, 0.4) is 0 Å². The van der Waals surface area contributed by atoms with E-state index in [2.05, 4.69) is 6.58 Å². The average Bonchev–Trinajstić information content (AvgIpc) is 2.96. The van der Waals surface area contributed by atoms with Crippen molar-refractivity contribution in [2.75, 3.05) is 0 Å². The van der Waals surface area contributed by atoms with Gasteiger partial charge in [0.25, 0.3) is 0 Å². The summed E-state index contributed by atoms with van der Waals surface area (Å²) >= 11 is 0. The van der Waals surface area contributed by atoms with Gasteiger partial charge in [0.05, 0.1) is 11.0 Å². The zero-order valence-corrected chi connectivity index (χ0v) is 21.2. The van der Waals surface area contributed by atoms with Crippen LogP contribution >= 0.6 is 12.4 Å². The molecule has 6 heteroatoms. The van der Waals surface area contributed by atoms with Gasteiger partial charge in [-0.3, -0.25) is 9.59 Å². The number of aliphatic hydroxyl groups excluding tert-OH is 2. The molecule has 0 bridgehead atoms. The van der Waals surface area contributed by atoms with Crippen LogP contribution in [0.15, 0.2) is 46.5 Å². The van der Waals surface area contributed by atoms with Crippen molar-refractivity contribution < 1.29 is 24.9 Å². The monoisotopic (exact) mass is 466 g/mol. The topological polar surface area (TPSA) is 94.8 Å². The van der Waals surface area contributed by atoms with Crippen LogP contribution in [0.1, 0.15) is 74.1 Å². The van der Waals surface area contributed by atoms with E-state index in [0.29, 0.717) is 6.42 Å². The molecule has 0 spiro atoms. The number of allylic oxidation sites excluding steroid dienone is 6. The summed E-state index contributed by atoms with van der Waals surface area (Å²) in [6.45, 7) is 16.5. The van der Waals surface area contributed by atoms with Crippen LogP contribution in [0.4, 0.5) is 0 Å². The Morgan fingerprint density at radius 2 is 1.78 bits per heavy atom. The zero-order chi connectivity index (χ0) is 23.9. The molecule has 2 aliphatic rings. The van der Waals surface area contributed by atoms with Gasteiger partial charge in [-0.2, -0.15) is 0 Å². The van der Waals surface area contributed by atoms with Crippen molar-refractivity contribution in [3.8, 4) is 0 Å². The van der Waals surface area contributed by atoms with Gasteiger partial charge in [-0.15, -0.1) is 12.4 Å². The van der Waals surface area contributed by atoms with E-state index in [1.54, 1.807) is 27.7 Å². The first-order chi connectivity index (χ1) is 14.1. The number of ketones is 2. The molecule has 2 rings (SSSR count). The lowest BCUT2D eigenvalue weighted by Crippen LogP contribution is -2.41. The Morgan fingerprint density at radius 3 is 2.25 bits per heavy atom. The molecule has 5 nitrogen and oxygen atoms in total. The number of hydrogen-bond acceptors (Lipinski definition) is 5. The van der Waals surface area contributed by atoms with E-state index >= 15 is 0 Å². The van der Waals surface area contributed by atoms with Crippen LogP contribution in [-0.2, 0) is 9.59 Å². The van der Waals surface area contributed by atoms with Crippen LogP contribution in [-0.4, -0.2) is 32.5 Å². The zero-order valence-electron chi connectivity index (χ0n) is 20.4. The summed E-state index contributed by atoms with van der Waals surface area (Å²) in [5, 5.41) is 33.3. The largest absolute Gasteiger partial charge is 0.511 e. The Bertz CT molecular complexity index is 886. The third-order valence-electron chi connectivity index (χ3n) is 7.05.